The van der Waals surface area contributed by atoms with Crippen molar-refractivity contribution in [2.45, 2.75) is 19.4 Å². The zero-order valence-electron chi connectivity index (χ0n) is 12.1. The number of methoxy groups -OCH3 is 1. The maximum absolute atomic E-state index is 5.29. The fourth-order valence-electron chi connectivity index (χ4n) is 2.39. The van der Waals surface area contributed by atoms with Gasteiger partial charge in [0.2, 0.25) is 0 Å². The summed E-state index contributed by atoms with van der Waals surface area (Å²) in [6.45, 7) is 2.15. The average Bonchev–Trinajstić information content (AvgIpc) is 2.47. The highest BCUT2D eigenvalue weighted by atomic mass is 79.9. The van der Waals surface area contributed by atoms with Crippen LogP contribution in [-0.2, 0) is 6.42 Å². The summed E-state index contributed by atoms with van der Waals surface area (Å²) in [5, 5.41) is 3.41. The summed E-state index contributed by atoms with van der Waals surface area (Å²) in [5.41, 5.74) is 3.89. The lowest BCUT2D eigenvalue weighted by molar-refractivity contribution is 0.414. The molecule has 0 radical (unpaired) electrons. The lowest BCUT2D eigenvalue weighted by atomic mass is 9.95. The molecule has 0 aliphatic rings. The quantitative estimate of drug-likeness (QED) is 0.882. The number of aryl methyl sites for hydroxylation is 1. The first-order valence-corrected chi connectivity index (χ1v) is 7.49. The first-order valence-electron chi connectivity index (χ1n) is 6.70. The Morgan fingerprint density at radius 1 is 1.20 bits per heavy atom. The Kier molecular flexibility index (Phi) is 5.21. The molecule has 2 aromatic rings. The first kappa shape index (κ1) is 15.1. The molecule has 3 heteroatoms. The van der Waals surface area contributed by atoms with Crippen molar-refractivity contribution in [3.63, 3.8) is 0 Å². The summed E-state index contributed by atoms with van der Waals surface area (Å²) in [7, 11) is 3.71. The van der Waals surface area contributed by atoms with Crippen LogP contribution in [0, 0.1) is 6.92 Å². The summed E-state index contributed by atoms with van der Waals surface area (Å²) in [6, 6.07) is 15.0. The molecule has 0 aliphatic carbocycles. The van der Waals surface area contributed by atoms with Gasteiger partial charge >= 0.3 is 0 Å². The zero-order chi connectivity index (χ0) is 14.5. The number of rotatable bonds is 5. The van der Waals surface area contributed by atoms with Crippen LogP contribution < -0.4 is 10.1 Å². The Morgan fingerprint density at radius 3 is 2.70 bits per heavy atom. The predicted octanol–water partition coefficient (Wildman–Crippen LogP) is 4.27. The van der Waals surface area contributed by atoms with E-state index >= 15 is 0 Å². The van der Waals surface area contributed by atoms with Gasteiger partial charge in [0, 0.05) is 10.5 Å². The van der Waals surface area contributed by atoms with Crippen molar-refractivity contribution in [2.75, 3.05) is 14.2 Å². The molecule has 1 N–H and O–H groups in total. The van der Waals surface area contributed by atoms with Gasteiger partial charge in [-0.25, -0.2) is 0 Å². The number of hydrogen-bond acceptors (Lipinski definition) is 2. The molecule has 0 saturated carbocycles. The normalized spacial score (nSPS) is 12.2. The van der Waals surface area contributed by atoms with E-state index in [0.717, 1.165) is 16.6 Å². The molecule has 2 rings (SSSR count). The summed E-state index contributed by atoms with van der Waals surface area (Å²) in [4.78, 5) is 0. The highest BCUT2D eigenvalue weighted by molar-refractivity contribution is 9.10. The molecule has 0 spiro atoms. The largest absolute Gasteiger partial charge is 0.497 e. The van der Waals surface area contributed by atoms with Gasteiger partial charge in [0.1, 0.15) is 5.75 Å². The summed E-state index contributed by atoms with van der Waals surface area (Å²) >= 11 is 3.55. The van der Waals surface area contributed by atoms with Crippen LogP contribution in [0.25, 0.3) is 0 Å². The first-order chi connectivity index (χ1) is 9.63. The predicted molar refractivity (Wildman–Crippen MR) is 87.4 cm³/mol. The van der Waals surface area contributed by atoms with E-state index in [4.69, 9.17) is 4.74 Å². The number of likely N-dealkylation sites (N-methyl/N-ethyl adjacent to an activating group) is 1. The van der Waals surface area contributed by atoms with E-state index in [9.17, 15) is 0 Å². The van der Waals surface area contributed by atoms with Gasteiger partial charge in [-0.15, -0.1) is 0 Å². The van der Waals surface area contributed by atoms with Gasteiger partial charge in [0.05, 0.1) is 7.11 Å². The lowest BCUT2D eigenvalue weighted by Gasteiger charge is -2.19. The number of nitrogens with one attached hydrogen (secondary N) is 1. The van der Waals surface area contributed by atoms with E-state index in [1.54, 1.807) is 7.11 Å². The zero-order valence-corrected chi connectivity index (χ0v) is 13.7. The van der Waals surface area contributed by atoms with Crippen LogP contribution in [0.4, 0.5) is 0 Å². The minimum atomic E-state index is 0.291. The number of halogens is 1. The molecule has 2 aromatic carbocycles. The second-order valence-corrected chi connectivity index (χ2v) is 5.81. The molecule has 0 amide bonds. The Bertz CT molecular complexity index is 583. The van der Waals surface area contributed by atoms with Crippen molar-refractivity contribution in [1.29, 1.82) is 0 Å². The molecule has 0 fully saturated rings. The van der Waals surface area contributed by atoms with Crippen LogP contribution in [0.1, 0.15) is 22.7 Å². The van der Waals surface area contributed by atoms with E-state index in [1.165, 1.54) is 16.7 Å². The van der Waals surface area contributed by atoms with Crippen molar-refractivity contribution in [3.8, 4) is 5.75 Å². The molecular weight excluding hydrogens is 314 g/mol. The van der Waals surface area contributed by atoms with Gasteiger partial charge in [-0.1, -0.05) is 34.1 Å². The third-order valence-electron chi connectivity index (χ3n) is 3.54. The minimum Gasteiger partial charge on any atom is -0.497 e. The fraction of sp³-hybridized carbons (Fsp3) is 0.294. The smallest absolute Gasteiger partial charge is 0.119 e. The van der Waals surface area contributed by atoms with E-state index in [0.29, 0.717) is 6.04 Å². The topological polar surface area (TPSA) is 21.3 Å². The van der Waals surface area contributed by atoms with Gasteiger partial charge in [-0.2, -0.15) is 0 Å². The maximum Gasteiger partial charge on any atom is 0.119 e. The molecule has 20 heavy (non-hydrogen) atoms. The molecule has 0 aromatic heterocycles. The van der Waals surface area contributed by atoms with Crippen LogP contribution in [0.2, 0.25) is 0 Å². The van der Waals surface area contributed by atoms with Crippen molar-refractivity contribution >= 4 is 15.9 Å². The fourth-order valence-corrected chi connectivity index (χ4v) is 2.77. The van der Waals surface area contributed by atoms with Crippen LogP contribution >= 0.6 is 15.9 Å². The Morgan fingerprint density at radius 2 is 2.00 bits per heavy atom. The minimum absolute atomic E-state index is 0.291. The maximum atomic E-state index is 5.29. The van der Waals surface area contributed by atoms with E-state index in [-0.39, 0.29) is 0 Å². The van der Waals surface area contributed by atoms with E-state index < -0.39 is 0 Å². The lowest BCUT2D eigenvalue weighted by Crippen LogP contribution is -2.19. The standard InChI is InChI=1S/C17H20BrNO/c1-12-7-8-14(18)11-16(12)17(19-2)10-13-5-4-6-15(9-13)20-3/h4-9,11,17,19H,10H2,1-3H3. The molecule has 2 nitrogen and oxygen atoms in total. The molecule has 0 heterocycles. The van der Waals surface area contributed by atoms with Crippen molar-refractivity contribution in [3.05, 3.63) is 63.6 Å². The molecule has 106 valence electrons. The molecule has 0 saturated heterocycles. The van der Waals surface area contributed by atoms with E-state index in [1.807, 2.05) is 19.2 Å². The van der Waals surface area contributed by atoms with E-state index in [2.05, 4.69) is 58.5 Å². The monoisotopic (exact) mass is 333 g/mol. The van der Waals surface area contributed by atoms with Crippen molar-refractivity contribution in [2.24, 2.45) is 0 Å². The molecule has 1 atom stereocenters. The molecule has 1 unspecified atom stereocenters. The van der Waals surface area contributed by atoms with Crippen LogP contribution in [-0.4, -0.2) is 14.2 Å². The summed E-state index contributed by atoms with van der Waals surface area (Å²) in [6.07, 6.45) is 0.936. The second-order valence-electron chi connectivity index (χ2n) is 4.90. The molecular formula is C17H20BrNO. The Hall–Kier alpha value is -1.32. The Balaban J connectivity index is 2.26. The number of hydrogen-bond donors (Lipinski definition) is 1. The van der Waals surface area contributed by atoms with Gasteiger partial charge in [0.25, 0.3) is 0 Å². The highest BCUT2D eigenvalue weighted by Crippen LogP contribution is 2.26. The SMILES string of the molecule is CNC(Cc1cccc(OC)c1)c1cc(Br)ccc1C. The summed E-state index contributed by atoms with van der Waals surface area (Å²) < 4.78 is 6.41. The number of ether oxygens (including phenoxy) is 1. The third kappa shape index (κ3) is 3.62. The van der Waals surface area contributed by atoms with Gasteiger partial charge < -0.3 is 10.1 Å². The second kappa shape index (κ2) is 6.91. The van der Waals surface area contributed by atoms with Crippen LogP contribution in [0.5, 0.6) is 5.75 Å². The molecule has 0 aliphatic heterocycles. The van der Waals surface area contributed by atoms with Gasteiger partial charge in [0.15, 0.2) is 0 Å². The third-order valence-corrected chi connectivity index (χ3v) is 4.03. The van der Waals surface area contributed by atoms with Crippen LogP contribution in [0.3, 0.4) is 0 Å². The molecule has 0 bridgehead atoms. The highest BCUT2D eigenvalue weighted by Gasteiger charge is 2.13. The average molecular weight is 334 g/mol. The van der Waals surface area contributed by atoms with Crippen LogP contribution in [0.15, 0.2) is 46.9 Å². The number of benzene rings is 2. The van der Waals surface area contributed by atoms with Gasteiger partial charge in [-0.05, 0) is 61.3 Å². The van der Waals surface area contributed by atoms with Crippen molar-refractivity contribution < 1.29 is 4.74 Å². The van der Waals surface area contributed by atoms with Crippen molar-refractivity contribution in [1.82, 2.24) is 5.32 Å². The van der Waals surface area contributed by atoms with Gasteiger partial charge in [-0.3, -0.25) is 0 Å². The Labute approximate surface area is 129 Å². The summed E-state index contributed by atoms with van der Waals surface area (Å²) in [5.74, 6) is 0.906.